The molecular weight excluding hydrogens is 284 g/mol. The van der Waals surface area contributed by atoms with Gasteiger partial charge in [0.2, 0.25) is 0 Å². The molecule has 0 atom stereocenters. The molecule has 0 unspecified atom stereocenters. The number of hydrazone groups is 1. The van der Waals surface area contributed by atoms with E-state index in [1.54, 1.807) is 44.4 Å². The van der Waals surface area contributed by atoms with Gasteiger partial charge in [0.05, 0.1) is 12.3 Å². The molecule has 0 aliphatic heterocycles. The predicted octanol–water partition coefficient (Wildman–Crippen LogP) is 2.74. The third kappa shape index (κ3) is 4.55. The first kappa shape index (κ1) is 15.4. The Labute approximate surface area is 128 Å². The van der Waals surface area contributed by atoms with Gasteiger partial charge in [0.25, 0.3) is 0 Å². The van der Waals surface area contributed by atoms with E-state index in [9.17, 15) is 4.79 Å². The molecule has 0 bridgehead atoms. The minimum Gasteiger partial charge on any atom is -0.449 e. The Bertz CT molecular complexity index is 642. The highest BCUT2D eigenvalue weighted by atomic mass is 16.5. The maximum Gasteiger partial charge on any atom is 0.427 e. The highest BCUT2D eigenvalue weighted by Crippen LogP contribution is 2.17. The van der Waals surface area contributed by atoms with E-state index in [2.05, 4.69) is 20.5 Å². The van der Waals surface area contributed by atoms with Crippen molar-refractivity contribution >= 4 is 11.8 Å². The summed E-state index contributed by atoms with van der Waals surface area (Å²) in [6.45, 7) is 3.81. The lowest BCUT2D eigenvalue weighted by atomic mass is 10.1. The fourth-order valence-electron chi connectivity index (χ4n) is 1.57. The van der Waals surface area contributed by atoms with Crippen molar-refractivity contribution in [2.24, 2.45) is 5.10 Å². The SMILES string of the molecule is CCOC(=O)N/N=C(\C)c1ccc(Oc2ncccn2)cc1. The zero-order chi connectivity index (χ0) is 15.8. The van der Waals surface area contributed by atoms with Gasteiger partial charge in [-0.25, -0.2) is 20.2 Å². The van der Waals surface area contributed by atoms with Crippen LogP contribution in [0.2, 0.25) is 0 Å². The van der Waals surface area contributed by atoms with E-state index in [1.165, 1.54) is 0 Å². The van der Waals surface area contributed by atoms with Crippen molar-refractivity contribution in [1.29, 1.82) is 0 Å². The van der Waals surface area contributed by atoms with Crippen LogP contribution in [0.5, 0.6) is 11.8 Å². The van der Waals surface area contributed by atoms with E-state index in [0.717, 1.165) is 5.56 Å². The first-order valence-corrected chi connectivity index (χ1v) is 6.71. The molecule has 114 valence electrons. The van der Waals surface area contributed by atoms with Gasteiger partial charge in [-0.15, -0.1) is 0 Å². The Kier molecular flexibility index (Phi) is 5.42. The Morgan fingerprint density at radius 1 is 1.23 bits per heavy atom. The molecule has 22 heavy (non-hydrogen) atoms. The highest BCUT2D eigenvalue weighted by Gasteiger charge is 2.03. The van der Waals surface area contributed by atoms with Gasteiger partial charge in [0, 0.05) is 12.4 Å². The van der Waals surface area contributed by atoms with Gasteiger partial charge < -0.3 is 9.47 Å². The van der Waals surface area contributed by atoms with Gasteiger partial charge >= 0.3 is 12.1 Å². The number of rotatable bonds is 5. The van der Waals surface area contributed by atoms with E-state index < -0.39 is 6.09 Å². The van der Waals surface area contributed by atoms with E-state index in [1.807, 2.05) is 12.1 Å². The van der Waals surface area contributed by atoms with Crippen LogP contribution in [0, 0.1) is 0 Å². The highest BCUT2D eigenvalue weighted by molar-refractivity contribution is 5.99. The summed E-state index contributed by atoms with van der Waals surface area (Å²) in [5, 5.41) is 3.95. The Morgan fingerprint density at radius 2 is 1.91 bits per heavy atom. The van der Waals surface area contributed by atoms with Crippen LogP contribution in [0.1, 0.15) is 19.4 Å². The smallest absolute Gasteiger partial charge is 0.427 e. The standard InChI is InChI=1S/C15H16N4O3/c1-3-21-15(20)19-18-11(2)12-5-7-13(8-6-12)22-14-16-9-4-10-17-14/h4-10H,3H2,1-2H3,(H,19,20)/b18-11+. The summed E-state index contributed by atoms with van der Waals surface area (Å²) >= 11 is 0. The number of hydrogen-bond acceptors (Lipinski definition) is 6. The number of hydrogen-bond donors (Lipinski definition) is 1. The van der Waals surface area contributed by atoms with Crippen molar-refractivity contribution < 1.29 is 14.3 Å². The lowest BCUT2D eigenvalue weighted by Gasteiger charge is -2.05. The van der Waals surface area contributed by atoms with Crippen LogP contribution >= 0.6 is 0 Å². The summed E-state index contributed by atoms with van der Waals surface area (Å²) in [5.41, 5.74) is 3.81. The van der Waals surface area contributed by atoms with Gasteiger partial charge in [-0.1, -0.05) is 0 Å². The molecule has 0 saturated carbocycles. The minimum atomic E-state index is -0.581. The second-order valence-corrected chi connectivity index (χ2v) is 4.19. The molecule has 2 rings (SSSR count). The molecule has 1 aromatic carbocycles. The number of aromatic nitrogens is 2. The third-order valence-electron chi connectivity index (χ3n) is 2.61. The zero-order valence-electron chi connectivity index (χ0n) is 12.3. The topological polar surface area (TPSA) is 85.7 Å². The van der Waals surface area contributed by atoms with Crippen LogP contribution in [0.4, 0.5) is 4.79 Å². The normalized spacial score (nSPS) is 10.9. The quantitative estimate of drug-likeness (QED) is 0.678. The first-order chi connectivity index (χ1) is 10.7. The number of ether oxygens (including phenoxy) is 2. The van der Waals surface area contributed by atoms with Crippen molar-refractivity contribution in [3.63, 3.8) is 0 Å². The molecule has 1 aromatic heterocycles. The second kappa shape index (κ2) is 7.72. The minimum absolute atomic E-state index is 0.282. The largest absolute Gasteiger partial charge is 0.449 e. The molecule has 1 heterocycles. The molecule has 0 aliphatic rings. The molecule has 2 aromatic rings. The summed E-state index contributed by atoms with van der Waals surface area (Å²) < 4.78 is 10.2. The molecule has 1 amide bonds. The van der Waals surface area contributed by atoms with E-state index in [4.69, 9.17) is 9.47 Å². The van der Waals surface area contributed by atoms with Crippen molar-refractivity contribution in [1.82, 2.24) is 15.4 Å². The molecule has 0 fully saturated rings. The lowest BCUT2D eigenvalue weighted by molar-refractivity contribution is 0.152. The van der Waals surface area contributed by atoms with Crippen molar-refractivity contribution in [3.05, 3.63) is 48.3 Å². The molecular formula is C15H16N4O3. The Morgan fingerprint density at radius 3 is 2.55 bits per heavy atom. The zero-order valence-corrected chi connectivity index (χ0v) is 12.3. The van der Waals surface area contributed by atoms with Gasteiger partial charge in [-0.05, 0) is 49.7 Å². The number of carbonyl (C=O) groups excluding carboxylic acids is 1. The average molecular weight is 300 g/mol. The molecule has 0 radical (unpaired) electrons. The molecule has 1 N–H and O–H groups in total. The summed E-state index contributed by atoms with van der Waals surface area (Å²) in [6, 6.07) is 9.19. The van der Waals surface area contributed by atoms with Crippen LogP contribution in [0.25, 0.3) is 0 Å². The summed E-state index contributed by atoms with van der Waals surface area (Å²) in [6.07, 6.45) is 2.63. The first-order valence-electron chi connectivity index (χ1n) is 6.71. The molecule has 0 saturated heterocycles. The van der Waals surface area contributed by atoms with Gasteiger partial charge in [-0.3, -0.25) is 0 Å². The van der Waals surface area contributed by atoms with E-state index in [-0.39, 0.29) is 6.01 Å². The monoisotopic (exact) mass is 300 g/mol. The molecule has 7 nitrogen and oxygen atoms in total. The van der Waals surface area contributed by atoms with Crippen LogP contribution in [-0.4, -0.2) is 28.4 Å². The van der Waals surface area contributed by atoms with Crippen molar-refractivity contribution in [2.75, 3.05) is 6.61 Å². The van der Waals surface area contributed by atoms with E-state index in [0.29, 0.717) is 18.1 Å². The number of nitrogens with zero attached hydrogens (tertiary/aromatic N) is 3. The maximum absolute atomic E-state index is 11.2. The molecule has 0 aliphatic carbocycles. The fourth-order valence-corrected chi connectivity index (χ4v) is 1.57. The number of amides is 1. The van der Waals surface area contributed by atoms with Crippen molar-refractivity contribution in [3.8, 4) is 11.8 Å². The van der Waals surface area contributed by atoms with E-state index >= 15 is 0 Å². The maximum atomic E-state index is 11.2. The number of benzene rings is 1. The van der Waals surface area contributed by atoms with Crippen molar-refractivity contribution in [2.45, 2.75) is 13.8 Å². The Hall–Kier alpha value is -2.96. The number of nitrogens with one attached hydrogen (secondary N) is 1. The molecule has 7 heteroatoms. The fraction of sp³-hybridized carbons (Fsp3) is 0.200. The van der Waals surface area contributed by atoms with Crippen LogP contribution < -0.4 is 10.2 Å². The average Bonchev–Trinajstić information content (AvgIpc) is 2.54. The van der Waals surface area contributed by atoms with Gasteiger partial charge in [0.15, 0.2) is 0 Å². The van der Waals surface area contributed by atoms with Gasteiger partial charge in [-0.2, -0.15) is 5.10 Å². The van der Waals surface area contributed by atoms with Crippen LogP contribution in [0.15, 0.2) is 47.8 Å². The Balaban J connectivity index is 1.99. The summed E-state index contributed by atoms with van der Waals surface area (Å²) in [4.78, 5) is 19.1. The summed E-state index contributed by atoms with van der Waals surface area (Å²) in [7, 11) is 0. The van der Waals surface area contributed by atoms with Crippen LogP contribution in [-0.2, 0) is 4.74 Å². The van der Waals surface area contributed by atoms with Crippen LogP contribution in [0.3, 0.4) is 0 Å². The third-order valence-corrected chi connectivity index (χ3v) is 2.61. The number of carbonyl (C=O) groups is 1. The summed E-state index contributed by atoms with van der Waals surface area (Å²) in [5.74, 6) is 0.612. The second-order valence-electron chi connectivity index (χ2n) is 4.19. The lowest BCUT2D eigenvalue weighted by Crippen LogP contribution is -2.20. The predicted molar refractivity (Wildman–Crippen MR) is 80.9 cm³/mol. The molecule has 0 spiro atoms. The van der Waals surface area contributed by atoms with Gasteiger partial charge in [0.1, 0.15) is 5.75 Å².